The van der Waals surface area contributed by atoms with E-state index in [2.05, 4.69) is 5.32 Å². The third kappa shape index (κ3) is 5.15. The molecule has 2 aromatic rings. The Labute approximate surface area is 172 Å². The van der Waals surface area contributed by atoms with Gasteiger partial charge in [0.2, 0.25) is 0 Å². The number of nitrogens with zero attached hydrogens (tertiary/aromatic N) is 1. The Balaban J connectivity index is 1.93. The highest BCUT2D eigenvalue weighted by atomic mass is 16.6. The van der Waals surface area contributed by atoms with Gasteiger partial charge in [0.15, 0.2) is 5.78 Å². The Bertz CT molecular complexity index is 869. The van der Waals surface area contributed by atoms with Crippen LogP contribution < -0.4 is 16.0 Å². The largest absolute Gasteiger partial charge is 0.443 e. The number of piperidine rings is 1. The second-order valence-corrected chi connectivity index (χ2v) is 8.32. The number of hydrogen-bond donors (Lipinski definition) is 2. The molecule has 1 aliphatic heterocycles. The van der Waals surface area contributed by atoms with Crippen LogP contribution in [0.25, 0.3) is 0 Å². The van der Waals surface area contributed by atoms with Crippen LogP contribution >= 0.6 is 0 Å². The van der Waals surface area contributed by atoms with Crippen LogP contribution in [-0.4, -0.2) is 36.6 Å². The molecule has 0 spiro atoms. The van der Waals surface area contributed by atoms with Crippen LogP contribution in [0.5, 0.6) is 0 Å². The SMILES string of the molecule is CC(C)(C)OC(=O)N(c1ccc(C(=O)c2ccccc2)cc1N)C1CCCNC1. The van der Waals surface area contributed by atoms with Crippen molar-refractivity contribution in [3.8, 4) is 0 Å². The number of ketones is 1. The minimum atomic E-state index is -0.616. The number of nitrogens with one attached hydrogen (secondary N) is 1. The highest BCUT2D eigenvalue weighted by molar-refractivity contribution is 6.10. The van der Waals surface area contributed by atoms with Gasteiger partial charge in [-0.25, -0.2) is 4.79 Å². The number of hydrogen-bond acceptors (Lipinski definition) is 5. The predicted octanol–water partition coefficient (Wildman–Crippen LogP) is 3.99. The lowest BCUT2D eigenvalue weighted by Crippen LogP contribution is -2.50. The van der Waals surface area contributed by atoms with Gasteiger partial charge in [0.1, 0.15) is 5.60 Å². The quantitative estimate of drug-likeness (QED) is 0.604. The molecule has 0 aromatic heterocycles. The summed E-state index contributed by atoms with van der Waals surface area (Å²) in [6.07, 6.45) is 1.39. The molecule has 6 nitrogen and oxygen atoms in total. The number of amides is 1. The molecule has 6 heteroatoms. The number of carbonyl (C=O) groups excluding carboxylic acids is 2. The molecule has 1 aliphatic rings. The zero-order valence-corrected chi connectivity index (χ0v) is 17.3. The van der Waals surface area contributed by atoms with Gasteiger partial charge in [0, 0.05) is 17.7 Å². The van der Waals surface area contributed by atoms with Gasteiger partial charge < -0.3 is 15.8 Å². The monoisotopic (exact) mass is 395 g/mol. The maximum atomic E-state index is 13.0. The fraction of sp³-hybridized carbons (Fsp3) is 0.391. The Hall–Kier alpha value is -2.86. The van der Waals surface area contributed by atoms with E-state index in [4.69, 9.17) is 10.5 Å². The van der Waals surface area contributed by atoms with Gasteiger partial charge >= 0.3 is 6.09 Å². The molecule has 1 saturated heterocycles. The van der Waals surface area contributed by atoms with E-state index in [9.17, 15) is 9.59 Å². The van der Waals surface area contributed by atoms with Gasteiger partial charge in [-0.1, -0.05) is 30.3 Å². The van der Waals surface area contributed by atoms with E-state index in [-0.39, 0.29) is 11.8 Å². The Morgan fingerprint density at radius 2 is 1.83 bits per heavy atom. The topological polar surface area (TPSA) is 84.7 Å². The van der Waals surface area contributed by atoms with E-state index < -0.39 is 11.7 Å². The Kier molecular flexibility index (Phi) is 6.23. The first-order valence-electron chi connectivity index (χ1n) is 9.98. The maximum Gasteiger partial charge on any atom is 0.415 e. The van der Waals surface area contributed by atoms with Crippen LogP contribution in [0.4, 0.5) is 16.2 Å². The molecule has 29 heavy (non-hydrogen) atoms. The minimum Gasteiger partial charge on any atom is -0.443 e. The van der Waals surface area contributed by atoms with Gasteiger partial charge in [-0.15, -0.1) is 0 Å². The van der Waals surface area contributed by atoms with Crippen molar-refractivity contribution in [2.45, 2.75) is 45.3 Å². The van der Waals surface area contributed by atoms with E-state index in [1.165, 1.54) is 0 Å². The fourth-order valence-electron chi connectivity index (χ4n) is 3.48. The van der Waals surface area contributed by atoms with Crippen molar-refractivity contribution in [3.63, 3.8) is 0 Å². The summed E-state index contributed by atoms with van der Waals surface area (Å²) in [6, 6.07) is 14.1. The van der Waals surface area contributed by atoms with Gasteiger partial charge in [-0.3, -0.25) is 9.69 Å². The summed E-state index contributed by atoms with van der Waals surface area (Å²) in [5.74, 6) is -0.105. The van der Waals surface area contributed by atoms with Crippen molar-refractivity contribution >= 4 is 23.3 Å². The smallest absolute Gasteiger partial charge is 0.415 e. The second-order valence-electron chi connectivity index (χ2n) is 8.32. The Morgan fingerprint density at radius 3 is 2.41 bits per heavy atom. The molecule has 3 rings (SSSR count). The molecule has 0 radical (unpaired) electrons. The van der Waals surface area contributed by atoms with Gasteiger partial charge in [-0.05, 0) is 58.4 Å². The summed E-state index contributed by atoms with van der Waals surface area (Å²) in [5.41, 5.74) is 7.74. The lowest BCUT2D eigenvalue weighted by molar-refractivity contribution is 0.0560. The molecular formula is C23H29N3O3. The average Bonchev–Trinajstić information content (AvgIpc) is 2.69. The normalized spacial score (nSPS) is 16.9. The molecule has 154 valence electrons. The number of nitrogen functional groups attached to an aromatic ring is 1. The van der Waals surface area contributed by atoms with Gasteiger partial charge in [0.25, 0.3) is 0 Å². The summed E-state index contributed by atoms with van der Waals surface area (Å²) in [5, 5.41) is 3.33. The number of ether oxygens (including phenoxy) is 1. The second kappa shape index (κ2) is 8.66. The van der Waals surface area contributed by atoms with Crippen LogP contribution in [0, 0.1) is 0 Å². The molecule has 3 N–H and O–H groups in total. The van der Waals surface area contributed by atoms with Gasteiger partial charge in [-0.2, -0.15) is 0 Å². The van der Waals surface area contributed by atoms with Crippen LogP contribution in [0.2, 0.25) is 0 Å². The molecule has 1 heterocycles. The molecule has 0 bridgehead atoms. The van der Waals surface area contributed by atoms with Crippen LogP contribution in [0.3, 0.4) is 0 Å². The predicted molar refractivity (Wildman–Crippen MR) is 115 cm³/mol. The average molecular weight is 396 g/mol. The number of rotatable bonds is 4. The maximum absolute atomic E-state index is 13.0. The minimum absolute atomic E-state index is 0.0587. The van der Waals surface area contributed by atoms with Crippen molar-refractivity contribution in [2.24, 2.45) is 0 Å². The first-order chi connectivity index (χ1) is 13.8. The van der Waals surface area contributed by atoms with Gasteiger partial charge in [0.05, 0.1) is 17.4 Å². The van der Waals surface area contributed by atoms with E-state index in [1.54, 1.807) is 35.2 Å². The summed E-state index contributed by atoms with van der Waals surface area (Å²) in [7, 11) is 0. The number of nitrogens with two attached hydrogens (primary N) is 1. The van der Waals surface area contributed by atoms with Crippen LogP contribution in [0.15, 0.2) is 48.5 Å². The number of carbonyl (C=O) groups is 2. The van der Waals surface area contributed by atoms with Crippen molar-refractivity contribution < 1.29 is 14.3 Å². The Morgan fingerprint density at radius 1 is 1.10 bits per heavy atom. The number of anilines is 2. The van der Waals surface area contributed by atoms with Crippen molar-refractivity contribution in [1.29, 1.82) is 0 Å². The third-order valence-corrected chi connectivity index (χ3v) is 4.81. The first kappa shape index (κ1) is 20.9. The summed E-state index contributed by atoms with van der Waals surface area (Å²) < 4.78 is 5.65. The van der Waals surface area contributed by atoms with Crippen molar-refractivity contribution in [3.05, 3.63) is 59.7 Å². The molecular weight excluding hydrogens is 366 g/mol. The van der Waals surface area contributed by atoms with Crippen molar-refractivity contribution in [2.75, 3.05) is 23.7 Å². The highest BCUT2D eigenvalue weighted by Gasteiger charge is 2.32. The molecule has 1 amide bonds. The molecule has 1 unspecified atom stereocenters. The van der Waals surface area contributed by atoms with E-state index in [0.717, 1.165) is 19.4 Å². The third-order valence-electron chi connectivity index (χ3n) is 4.81. The highest BCUT2D eigenvalue weighted by Crippen LogP contribution is 2.30. The zero-order valence-electron chi connectivity index (χ0n) is 17.3. The lowest BCUT2D eigenvalue weighted by Gasteiger charge is -2.36. The molecule has 2 aromatic carbocycles. The van der Waals surface area contributed by atoms with E-state index in [1.807, 2.05) is 39.0 Å². The summed E-state index contributed by atoms with van der Waals surface area (Å²) >= 11 is 0. The molecule has 1 atom stereocenters. The fourth-order valence-corrected chi connectivity index (χ4v) is 3.48. The molecule has 0 aliphatic carbocycles. The number of benzene rings is 2. The summed E-state index contributed by atoms with van der Waals surface area (Å²) in [6.45, 7) is 7.12. The van der Waals surface area contributed by atoms with Crippen molar-refractivity contribution in [1.82, 2.24) is 5.32 Å². The lowest BCUT2D eigenvalue weighted by atomic mass is 10.0. The van der Waals surface area contributed by atoms with E-state index in [0.29, 0.717) is 29.0 Å². The van der Waals surface area contributed by atoms with Crippen LogP contribution in [0.1, 0.15) is 49.5 Å². The summed E-state index contributed by atoms with van der Waals surface area (Å²) in [4.78, 5) is 27.4. The first-order valence-corrected chi connectivity index (χ1v) is 9.98. The molecule has 0 saturated carbocycles. The zero-order chi connectivity index (χ0) is 21.0. The molecule has 1 fully saturated rings. The van der Waals surface area contributed by atoms with E-state index >= 15 is 0 Å². The standard InChI is InChI=1S/C23H29N3O3/c1-23(2,3)29-22(28)26(18-10-7-13-25-15-18)20-12-11-17(14-19(20)24)21(27)16-8-5-4-6-9-16/h4-6,8-9,11-12,14,18,25H,7,10,13,15,24H2,1-3H3. The van der Waals surface area contributed by atoms with Crippen LogP contribution in [-0.2, 0) is 4.74 Å².